The molecule has 0 aliphatic heterocycles. The molecule has 0 fully saturated rings. The van der Waals surface area contributed by atoms with Gasteiger partial charge in [-0.25, -0.2) is 4.39 Å². The molecular weight excluding hydrogens is 251 g/mol. The van der Waals surface area contributed by atoms with E-state index in [4.69, 9.17) is 11.0 Å². The molecule has 1 aromatic rings. The molecular formula is C9H6BrFN2O. The summed E-state index contributed by atoms with van der Waals surface area (Å²) in [5, 5.41) is 8.60. The van der Waals surface area contributed by atoms with E-state index >= 15 is 0 Å². The summed E-state index contributed by atoms with van der Waals surface area (Å²) in [6.45, 7) is 0. The fourth-order valence-corrected chi connectivity index (χ4v) is 1.29. The monoisotopic (exact) mass is 256 g/mol. The predicted molar refractivity (Wildman–Crippen MR) is 53.7 cm³/mol. The highest BCUT2D eigenvalue weighted by Crippen LogP contribution is 2.19. The average molecular weight is 257 g/mol. The number of nitrogen functional groups attached to an aromatic ring is 1. The minimum Gasteiger partial charge on any atom is -0.398 e. The van der Waals surface area contributed by atoms with Crippen LogP contribution in [0.3, 0.4) is 0 Å². The van der Waals surface area contributed by atoms with Gasteiger partial charge < -0.3 is 5.73 Å². The zero-order valence-corrected chi connectivity index (χ0v) is 8.64. The smallest absolute Gasteiger partial charge is 0.176 e. The Labute approximate surface area is 88.5 Å². The van der Waals surface area contributed by atoms with Gasteiger partial charge in [0.05, 0.1) is 16.6 Å². The molecule has 0 aliphatic carbocycles. The van der Waals surface area contributed by atoms with Gasteiger partial charge in [-0.2, -0.15) is 5.26 Å². The number of benzene rings is 1. The molecule has 0 saturated carbocycles. The fourth-order valence-electron chi connectivity index (χ4n) is 0.992. The van der Waals surface area contributed by atoms with Gasteiger partial charge in [0.1, 0.15) is 11.6 Å². The van der Waals surface area contributed by atoms with Crippen molar-refractivity contribution in [2.75, 3.05) is 11.1 Å². The van der Waals surface area contributed by atoms with E-state index in [-0.39, 0.29) is 22.1 Å². The molecule has 0 aromatic heterocycles. The van der Waals surface area contributed by atoms with Gasteiger partial charge in [0.25, 0.3) is 0 Å². The molecule has 14 heavy (non-hydrogen) atoms. The van der Waals surface area contributed by atoms with Crippen LogP contribution in [0.2, 0.25) is 0 Å². The molecule has 0 radical (unpaired) electrons. The van der Waals surface area contributed by atoms with Gasteiger partial charge in [-0.05, 0) is 12.1 Å². The number of nitrogens with two attached hydrogens (primary N) is 1. The van der Waals surface area contributed by atoms with Crippen LogP contribution in [-0.4, -0.2) is 11.1 Å². The van der Waals surface area contributed by atoms with Crippen LogP contribution in [0.15, 0.2) is 12.1 Å². The lowest BCUT2D eigenvalue weighted by atomic mass is 10.1. The minimum atomic E-state index is -0.850. The van der Waals surface area contributed by atoms with Crippen LogP contribution in [0.1, 0.15) is 15.9 Å². The van der Waals surface area contributed by atoms with E-state index in [1.807, 2.05) is 0 Å². The molecule has 0 bridgehead atoms. The minimum absolute atomic E-state index is 0.0126. The quantitative estimate of drug-likeness (QED) is 0.499. The first-order chi connectivity index (χ1) is 6.61. The van der Waals surface area contributed by atoms with Crippen molar-refractivity contribution >= 4 is 27.4 Å². The molecule has 72 valence electrons. The maximum absolute atomic E-state index is 13.4. The van der Waals surface area contributed by atoms with Crippen molar-refractivity contribution in [3.8, 4) is 6.07 Å². The summed E-state index contributed by atoms with van der Waals surface area (Å²) >= 11 is 2.92. The van der Waals surface area contributed by atoms with Gasteiger partial charge in [-0.15, -0.1) is 0 Å². The second kappa shape index (κ2) is 4.20. The number of anilines is 1. The maximum Gasteiger partial charge on any atom is 0.176 e. The Morgan fingerprint density at radius 2 is 2.29 bits per heavy atom. The number of carbonyl (C=O) groups excluding carboxylic acids is 1. The van der Waals surface area contributed by atoms with Gasteiger partial charge in [0.2, 0.25) is 0 Å². The van der Waals surface area contributed by atoms with E-state index in [0.29, 0.717) is 0 Å². The van der Waals surface area contributed by atoms with E-state index in [2.05, 4.69) is 15.9 Å². The molecule has 5 heteroatoms. The van der Waals surface area contributed by atoms with Crippen molar-refractivity contribution in [1.82, 2.24) is 0 Å². The standard InChI is InChI=1S/C9H6BrFN2O/c10-3-8(14)5-1-2-7(13)6(4-12)9(5)11/h1-2H,3,13H2. The van der Waals surface area contributed by atoms with E-state index in [1.165, 1.54) is 12.1 Å². The van der Waals surface area contributed by atoms with Crippen LogP contribution in [-0.2, 0) is 0 Å². The molecule has 0 saturated heterocycles. The van der Waals surface area contributed by atoms with Crippen molar-refractivity contribution in [2.24, 2.45) is 0 Å². The number of Topliss-reactive ketones (excluding diaryl/α,β-unsaturated/α-hetero) is 1. The van der Waals surface area contributed by atoms with Crippen molar-refractivity contribution in [2.45, 2.75) is 0 Å². The molecule has 2 N–H and O–H groups in total. The number of carbonyl (C=O) groups is 1. The van der Waals surface area contributed by atoms with Crippen molar-refractivity contribution < 1.29 is 9.18 Å². The summed E-state index contributed by atoms with van der Waals surface area (Å²) in [5.74, 6) is -1.27. The van der Waals surface area contributed by atoms with Crippen LogP contribution >= 0.6 is 15.9 Å². The first-order valence-electron chi connectivity index (χ1n) is 3.69. The second-order valence-electron chi connectivity index (χ2n) is 2.56. The number of halogens is 2. The normalized spacial score (nSPS) is 9.50. The number of alkyl halides is 1. The average Bonchev–Trinajstić information content (AvgIpc) is 2.18. The van der Waals surface area contributed by atoms with Gasteiger partial charge >= 0.3 is 0 Å². The SMILES string of the molecule is N#Cc1c(N)ccc(C(=O)CBr)c1F. The first-order valence-corrected chi connectivity index (χ1v) is 4.81. The largest absolute Gasteiger partial charge is 0.398 e. The van der Waals surface area contributed by atoms with E-state index < -0.39 is 11.6 Å². The zero-order valence-electron chi connectivity index (χ0n) is 7.05. The number of rotatable bonds is 2. The van der Waals surface area contributed by atoms with Gasteiger partial charge in [0.15, 0.2) is 11.6 Å². The maximum atomic E-state index is 13.4. The van der Waals surface area contributed by atoms with Crippen LogP contribution in [0, 0.1) is 17.1 Å². The Kier molecular flexibility index (Phi) is 3.20. The number of nitrogens with zero attached hydrogens (tertiary/aromatic N) is 1. The van der Waals surface area contributed by atoms with Crippen molar-refractivity contribution in [1.29, 1.82) is 5.26 Å². The third-order valence-electron chi connectivity index (χ3n) is 1.71. The Bertz CT molecular complexity index is 426. The van der Waals surface area contributed by atoms with E-state index in [0.717, 1.165) is 0 Å². The van der Waals surface area contributed by atoms with E-state index in [9.17, 15) is 9.18 Å². The first kappa shape index (κ1) is 10.7. The Balaban J connectivity index is 3.37. The fraction of sp³-hybridized carbons (Fsp3) is 0.111. The predicted octanol–water partition coefficient (Wildman–Crippen LogP) is 1.86. The summed E-state index contributed by atoms with van der Waals surface area (Å²) in [7, 11) is 0. The number of hydrogen-bond acceptors (Lipinski definition) is 3. The molecule has 0 aliphatic rings. The lowest BCUT2D eigenvalue weighted by Crippen LogP contribution is -2.06. The zero-order chi connectivity index (χ0) is 10.7. The number of hydrogen-bond donors (Lipinski definition) is 1. The third-order valence-corrected chi connectivity index (χ3v) is 2.22. The molecule has 3 nitrogen and oxygen atoms in total. The molecule has 1 aromatic carbocycles. The Morgan fingerprint density at radius 3 is 2.79 bits per heavy atom. The Hall–Kier alpha value is -1.41. The van der Waals surface area contributed by atoms with Crippen molar-refractivity contribution in [3.05, 3.63) is 29.1 Å². The summed E-state index contributed by atoms with van der Waals surface area (Å²) in [6.07, 6.45) is 0. The molecule has 0 heterocycles. The van der Waals surface area contributed by atoms with E-state index in [1.54, 1.807) is 6.07 Å². The third kappa shape index (κ3) is 1.75. The van der Waals surface area contributed by atoms with Crippen LogP contribution in [0.4, 0.5) is 10.1 Å². The van der Waals surface area contributed by atoms with Crippen LogP contribution in [0.25, 0.3) is 0 Å². The lowest BCUT2D eigenvalue weighted by molar-refractivity contribution is 0.102. The highest BCUT2D eigenvalue weighted by atomic mass is 79.9. The number of nitriles is 1. The molecule has 0 amide bonds. The summed E-state index contributed by atoms with van der Waals surface area (Å²) in [6, 6.07) is 4.23. The highest BCUT2D eigenvalue weighted by molar-refractivity contribution is 9.09. The molecule has 0 atom stereocenters. The van der Waals surface area contributed by atoms with Crippen molar-refractivity contribution in [3.63, 3.8) is 0 Å². The summed E-state index contributed by atoms with van der Waals surface area (Å²) < 4.78 is 13.4. The summed E-state index contributed by atoms with van der Waals surface area (Å²) in [4.78, 5) is 11.2. The van der Waals surface area contributed by atoms with Crippen LogP contribution in [0.5, 0.6) is 0 Å². The lowest BCUT2D eigenvalue weighted by Gasteiger charge is -2.03. The second-order valence-corrected chi connectivity index (χ2v) is 3.12. The van der Waals surface area contributed by atoms with Gasteiger partial charge in [0, 0.05) is 0 Å². The molecule has 0 unspecified atom stereocenters. The Morgan fingerprint density at radius 1 is 1.64 bits per heavy atom. The summed E-state index contributed by atoms with van der Waals surface area (Å²) in [5.41, 5.74) is 5.00. The topological polar surface area (TPSA) is 66.9 Å². The molecule has 0 spiro atoms. The van der Waals surface area contributed by atoms with Gasteiger partial charge in [-0.3, -0.25) is 4.79 Å². The highest BCUT2D eigenvalue weighted by Gasteiger charge is 2.15. The van der Waals surface area contributed by atoms with Crippen LogP contribution < -0.4 is 5.73 Å². The molecule has 1 rings (SSSR count). The van der Waals surface area contributed by atoms with Gasteiger partial charge in [-0.1, -0.05) is 15.9 Å². The number of ketones is 1.